The van der Waals surface area contributed by atoms with Crippen molar-refractivity contribution in [3.05, 3.63) is 12.2 Å². The molecule has 1 N–H and O–H groups in total. The maximum absolute atomic E-state index is 11.5. The third-order valence-corrected chi connectivity index (χ3v) is 3.38. The minimum Gasteiger partial charge on any atom is -0.460 e. The molecule has 0 saturated heterocycles. The van der Waals surface area contributed by atoms with Gasteiger partial charge in [-0.15, -0.1) is 0 Å². The van der Waals surface area contributed by atoms with Gasteiger partial charge in [-0.25, -0.2) is 4.79 Å². The molecule has 18 heavy (non-hydrogen) atoms. The lowest BCUT2D eigenvalue weighted by molar-refractivity contribution is -0.142. The highest BCUT2D eigenvalue weighted by Gasteiger charge is 2.08. The molecule has 1 aliphatic rings. The summed E-state index contributed by atoms with van der Waals surface area (Å²) in [4.78, 5) is 11.5. The molecule has 0 aromatic carbocycles. The minimum atomic E-state index is -0.516. The van der Waals surface area contributed by atoms with Crippen LogP contribution in [0.3, 0.4) is 0 Å². The summed E-state index contributed by atoms with van der Waals surface area (Å²) in [5, 5.41) is 9.66. The van der Waals surface area contributed by atoms with E-state index < -0.39 is 6.10 Å². The largest absolute Gasteiger partial charge is 0.460 e. The lowest BCUT2D eigenvalue weighted by Crippen LogP contribution is -2.13. The third-order valence-electron chi connectivity index (χ3n) is 3.38. The van der Waals surface area contributed by atoms with Crippen LogP contribution in [0.2, 0.25) is 0 Å². The van der Waals surface area contributed by atoms with Crippen LogP contribution in [0.5, 0.6) is 0 Å². The molecular weight excluding hydrogens is 228 g/mol. The van der Waals surface area contributed by atoms with Gasteiger partial charge in [0.1, 0.15) is 0 Å². The Morgan fingerprint density at radius 2 is 1.61 bits per heavy atom. The van der Waals surface area contributed by atoms with Crippen molar-refractivity contribution in [1.82, 2.24) is 0 Å². The molecule has 0 bridgehead atoms. The van der Waals surface area contributed by atoms with Gasteiger partial charge in [-0.05, 0) is 32.3 Å². The van der Waals surface area contributed by atoms with E-state index >= 15 is 0 Å². The molecular formula is C15H26O3. The number of hydrogen-bond donors (Lipinski definition) is 1. The highest BCUT2D eigenvalue weighted by atomic mass is 16.5. The van der Waals surface area contributed by atoms with E-state index in [0.29, 0.717) is 0 Å². The molecule has 0 saturated carbocycles. The van der Waals surface area contributed by atoms with Crippen molar-refractivity contribution in [1.29, 1.82) is 0 Å². The van der Waals surface area contributed by atoms with E-state index in [2.05, 4.69) is 0 Å². The molecule has 104 valence electrons. The van der Waals surface area contributed by atoms with Crippen LogP contribution in [0.15, 0.2) is 12.2 Å². The van der Waals surface area contributed by atoms with Gasteiger partial charge in [-0.3, -0.25) is 0 Å². The predicted octanol–water partition coefficient (Wildman–Crippen LogP) is 3.36. The molecule has 3 heteroatoms. The number of rotatable bonds is 0. The molecule has 2 atom stereocenters. The average Bonchev–Trinajstić information content (AvgIpc) is 2.33. The van der Waals surface area contributed by atoms with Gasteiger partial charge in [0, 0.05) is 6.08 Å². The minimum absolute atomic E-state index is 0.0237. The molecule has 0 aromatic rings. The topological polar surface area (TPSA) is 46.5 Å². The van der Waals surface area contributed by atoms with Gasteiger partial charge >= 0.3 is 5.97 Å². The molecule has 1 heterocycles. The fourth-order valence-electron chi connectivity index (χ4n) is 2.25. The number of hydrogen-bond acceptors (Lipinski definition) is 3. The number of aliphatic hydroxyl groups excluding tert-OH is 1. The molecule has 0 aliphatic carbocycles. The van der Waals surface area contributed by atoms with E-state index in [0.717, 1.165) is 25.7 Å². The van der Waals surface area contributed by atoms with E-state index in [1.165, 1.54) is 38.2 Å². The van der Waals surface area contributed by atoms with Gasteiger partial charge in [0.15, 0.2) is 0 Å². The number of carbonyl (C=O) groups is 1. The van der Waals surface area contributed by atoms with Gasteiger partial charge in [-0.1, -0.05) is 38.5 Å². The number of aliphatic hydroxyl groups is 1. The van der Waals surface area contributed by atoms with Gasteiger partial charge in [-0.2, -0.15) is 0 Å². The van der Waals surface area contributed by atoms with E-state index in [1.54, 1.807) is 6.08 Å². The molecule has 0 radical (unpaired) electrons. The zero-order valence-corrected chi connectivity index (χ0v) is 11.4. The van der Waals surface area contributed by atoms with Gasteiger partial charge in [0.05, 0.1) is 12.2 Å². The smallest absolute Gasteiger partial charge is 0.330 e. The summed E-state index contributed by atoms with van der Waals surface area (Å²) < 4.78 is 5.24. The summed E-state index contributed by atoms with van der Waals surface area (Å²) in [7, 11) is 0. The second kappa shape index (κ2) is 9.15. The van der Waals surface area contributed by atoms with Crippen LogP contribution in [0.4, 0.5) is 0 Å². The van der Waals surface area contributed by atoms with E-state index in [9.17, 15) is 9.90 Å². The summed E-state index contributed by atoms with van der Waals surface area (Å²) in [6.45, 7) is 1.93. The van der Waals surface area contributed by atoms with Crippen molar-refractivity contribution in [2.75, 3.05) is 0 Å². The Hall–Kier alpha value is -0.830. The number of carbonyl (C=O) groups excluding carboxylic acids is 1. The van der Waals surface area contributed by atoms with Crippen molar-refractivity contribution in [3.8, 4) is 0 Å². The first-order valence-corrected chi connectivity index (χ1v) is 7.25. The Morgan fingerprint density at radius 3 is 2.28 bits per heavy atom. The predicted molar refractivity (Wildman–Crippen MR) is 72.3 cm³/mol. The highest BCUT2D eigenvalue weighted by molar-refractivity contribution is 5.82. The lowest BCUT2D eigenvalue weighted by Gasteiger charge is -2.11. The first-order valence-electron chi connectivity index (χ1n) is 7.25. The number of ether oxygens (including phenoxy) is 1. The van der Waals surface area contributed by atoms with Crippen LogP contribution in [0, 0.1) is 0 Å². The molecule has 0 spiro atoms. The molecule has 1 aliphatic heterocycles. The standard InChI is InChI=1S/C15H26O3/c1-13-9-7-5-3-2-4-6-8-10-14(16)11-12-15(17)18-13/h11-14,16H,2-10H2,1H3/b12-11+. The summed E-state index contributed by atoms with van der Waals surface area (Å²) in [6, 6.07) is 0. The monoisotopic (exact) mass is 254 g/mol. The van der Waals surface area contributed by atoms with Crippen molar-refractivity contribution in [2.24, 2.45) is 0 Å². The van der Waals surface area contributed by atoms with Gasteiger partial charge in [0.25, 0.3) is 0 Å². The van der Waals surface area contributed by atoms with Crippen molar-refractivity contribution >= 4 is 5.97 Å². The Bertz CT molecular complexity index is 260. The Kier molecular flexibility index (Phi) is 7.74. The van der Waals surface area contributed by atoms with Crippen LogP contribution < -0.4 is 0 Å². The quantitative estimate of drug-likeness (QED) is 0.674. The van der Waals surface area contributed by atoms with Crippen molar-refractivity contribution in [3.63, 3.8) is 0 Å². The fraction of sp³-hybridized carbons (Fsp3) is 0.800. The van der Waals surface area contributed by atoms with Crippen LogP contribution in [-0.2, 0) is 9.53 Å². The second-order valence-electron chi connectivity index (χ2n) is 5.23. The van der Waals surface area contributed by atoms with Crippen molar-refractivity contribution < 1.29 is 14.6 Å². The molecule has 3 nitrogen and oxygen atoms in total. The molecule has 0 fully saturated rings. The molecule has 0 aromatic heterocycles. The summed E-state index contributed by atoms with van der Waals surface area (Å²) in [5.41, 5.74) is 0. The average molecular weight is 254 g/mol. The number of esters is 1. The van der Waals surface area contributed by atoms with Crippen molar-refractivity contribution in [2.45, 2.75) is 76.9 Å². The molecule has 1 rings (SSSR count). The van der Waals surface area contributed by atoms with Crippen LogP contribution in [0.1, 0.15) is 64.7 Å². The maximum Gasteiger partial charge on any atom is 0.330 e. The Morgan fingerprint density at radius 1 is 1.06 bits per heavy atom. The summed E-state index contributed by atoms with van der Waals surface area (Å²) >= 11 is 0. The first-order chi connectivity index (χ1) is 8.68. The lowest BCUT2D eigenvalue weighted by atomic mass is 10.0. The second-order valence-corrected chi connectivity index (χ2v) is 5.23. The maximum atomic E-state index is 11.5. The van der Waals surface area contributed by atoms with Crippen LogP contribution >= 0.6 is 0 Å². The van der Waals surface area contributed by atoms with E-state index in [4.69, 9.17) is 4.74 Å². The molecule has 2 unspecified atom stereocenters. The zero-order valence-electron chi connectivity index (χ0n) is 11.4. The van der Waals surface area contributed by atoms with E-state index in [1.807, 2.05) is 6.92 Å². The fourth-order valence-corrected chi connectivity index (χ4v) is 2.25. The summed E-state index contributed by atoms with van der Waals surface area (Å²) in [5.74, 6) is -0.337. The van der Waals surface area contributed by atoms with Crippen LogP contribution in [0.25, 0.3) is 0 Å². The first kappa shape index (κ1) is 15.2. The molecule has 0 amide bonds. The number of cyclic esters (lactones) is 1. The Labute approximate surface area is 110 Å². The highest BCUT2D eigenvalue weighted by Crippen LogP contribution is 2.13. The van der Waals surface area contributed by atoms with Crippen LogP contribution in [-0.4, -0.2) is 23.3 Å². The SMILES string of the molecule is CC1CCCCCCCCCC(O)/C=C/C(=O)O1. The normalized spacial score (nSPS) is 30.9. The Balaban J connectivity index is 2.42. The summed E-state index contributed by atoms with van der Waals surface area (Å²) in [6.07, 6.45) is 12.4. The van der Waals surface area contributed by atoms with Gasteiger partial charge in [0.2, 0.25) is 0 Å². The third kappa shape index (κ3) is 7.49. The van der Waals surface area contributed by atoms with Gasteiger partial charge < -0.3 is 9.84 Å². The zero-order chi connectivity index (χ0) is 13.2. The van der Waals surface area contributed by atoms with E-state index in [-0.39, 0.29) is 12.1 Å².